The number of benzene rings is 1. The van der Waals surface area contributed by atoms with E-state index in [2.05, 4.69) is 11.4 Å². The van der Waals surface area contributed by atoms with Gasteiger partial charge in [-0.1, -0.05) is 13.0 Å². The van der Waals surface area contributed by atoms with Crippen molar-refractivity contribution in [1.29, 1.82) is 0 Å². The zero-order valence-corrected chi connectivity index (χ0v) is 11.0. The SMILES string of the molecule is CCC(C)NC(=O)COc1cc(C)cc(C)c1. The molecule has 0 aromatic heterocycles. The van der Waals surface area contributed by atoms with Gasteiger partial charge in [0.15, 0.2) is 6.61 Å². The van der Waals surface area contributed by atoms with Crippen molar-refractivity contribution in [3.05, 3.63) is 29.3 Å². The highest BCUT2D eigenvalue weighted by atomic mass is 16.5. The second kappa shape index (κ2) is 6.28. The number of hydrogen-bond donors (Lipinski definition) is 1. The first kappa shape index (κ1) is 13.6. The lowest BCUT2D eigenvalue weighted by Crippen LogP contribution is -2.35. The summed E-state index contributed by atoms with van der Waals surface area (Å²) in [4.78, 5) is 11.5. The summed E-state index contributed by atoms with van der Waals surface area (Å²) in [5.74, 6) is 0.681. The van der Waals surface area contributed by atoms with Crippen molar-refractivity contribution in [3.63, 3.8) is 0 Å². The van der Waals surface area contributed by atoms with Crippen LogP contribution in [0.4, 0.5) is 0 Å². The van der Waals surface area contributed by atoms with Crippen LogP contribution in [0.3, 0.4) is 0 Å². The number of rotatable bonds is 5. The minimum Gasteiger partial charge on any atom is -0.484 e. The molecule has 1 amide bonds. The molecule has 0 saturated carbocycles. The van der Waals surface area contributed by atoms with Gasteiger partial charge >= 0.3 is 0 Å². The van der Waals surface area contributed by atoms with Gasteiger partial charge in [0.05, 0.1) is 0 Å². The lowest BCUT2D eigenvalue weighted by atomic mass is 10.1. The predicted molar refractivity (Wildman–Crippen MR) is 69.3 cm³/mol. The van der Waals surface area contributed by atoms with Crippen LogP contribution in [-0.2, 0) is 4.79 Å². The molecule has 0 fully saturated rings. The molecule has 1 aromatic rings. The van der Waals surface area contributed by atoms with E-state index in [1.807, 2.05) is 39.8 Å². The highest BCUT2D eigenvalue weighted by molar-refractivity contribution is 5.77. The van der Waals surface area contributed by atoms with Crippen molar-refractivity contribution < 1.29 is 9.53 Å². The molecule has 3 nitrogen and oxygen atoms in total. The fourth-order valence-electron chi connectivity index (χ4n) is 1.58. The van der Waals surface area contributed by atoms with E-state index in [0.717, 1.165) is 23.3 Å². The van der Waals surface area contributed by atoms with E-state index in [0.29, 0.717) is 0 Å². The van der Waals surface area contributed by atoms with Crippen LogP contribution in [0, 0.1) is 13.8 Å². The Balaban J connectivity index is 2.47. The Kier molecular flexibility index (Phi) is 5.01. The van der Waals surface area contributed by atoms with Crippen molar-refractivity contribution in [2.24, 2.45) is 0 Å². The van der Waals surface area contributed by atoms with Gasteiger partial charge in [0.2, 0.25) is 0 Å². The average Bonchev–Trinajstić information content (AvgIpc) is 2.25. The van der Waals surface area contributed by atoms with Crippen LogP contribution < -0.4 is 10.1 Å². The number of amides is 1. The van der Waals surface area contributed by atoms with E-state index in [-0.39, 0.29) is 18.6 Å². The van der Waals surface area contributed by atoms with Gasteiger partial charge in [0.25, 0.3) is 5.91 Å². The molecule has 3 heteroatoms. The second-order valence-corrected chi connectivity index (χ2v) is 4.49. The van der Waals surface area contributed by atoms with E-state index < -0.39 is 0 Å². The fraction of sp³-hybridized carbons (Fsp3) is 0.500. The number of nitrogens with one attached hydrogen (secondary N) is 1. The van der Waals surface area contributed by atoms with Crippen molar-refractivity contribution in [3.8, 4) is 5.75 Å². The van der Waals surface area contributed by atoms with E-state index in [1.165, 1.54) is 0 Å². The maximum atomic E-state index is 11.5. The first-order valence-electron chi connectivity index (χ1n) is 6.01. The topological polar surface area (TPSA) is 38.3 Å². The Morgan fingerprint density at radius 2 is 1.88 bits per heavy atom. The summed E-state index contributed by atoms with van der Waals surface area (Å²) in [6.07, 6.45) is 0.926. The number of ether oxygens (including phenoxy) is 1. The monoisotopic (exact) mass is 235 g/mol. The van der Waals surface area contributed by atoms with Crippen LogP contribution in [0.2, 0.25) is 0 Å². The van der Waals surface area contributed by atoms with Crippen LogP contribution in [0.25, 0.3) is 0 Å². The lowest BCUT2D eigenvalue weighted by molar-refractivity contribution is -0.123. The van der Waals surface area contributed by atoms with Crippen LogP contribution in [0.1, 0.15) is 31.4 Å². The molecule has 1 aromatic carbocycles. The number of carbonyl (C=O) groups excluding carboxylic acids is 1. The first-order valence-corrected chi connectivity index (χ1v) is 6.01. The molecule has 0 saturated heterocycles. The van der Waals surface area contributed by atoms with Gasteiger partial charge in [0, 0.05) is 6.04 Å². The fourth-order valence-corrected chi connectivity index (χ4v) is 1.58. The number of aryl methyl sites for hydroxylation is 2. The van der Waals surface area contributed by atoms with Gasteiger partial charge in [-0.25, -0.2) is 0 Å². The van der Waals surface area contributed by atoms with Gasteiger partial charge in [0.1, 0.15) is 5.75 Å². The van der Waals surface area contributed by atoms with Crippen LogP contribution >= 0.6 is 0 Å². The van der Waals surface area contributed by atoms with Crippen molar-refractivity contribution in [2.45, 2.75) is 40.2 Å². The number of carbonyl (C=O) groups is 1. The summed E-state index contributed by atoms with van der Waals surface area (Å²) in [6.45, 7) is 8.12. The Bertz CT molecular complexity index is 368. The summed E-state index contributed by atoms with van der Waals surface area (Å²) in [5.41, 5.74) is 2.28. The Morgan fingerprint density at radius 1 is 1.29 bits per heavy atom. The normalized spacial score (nSPS) is 12.0. The molecule has 1 rings (SSSR count). The molecular weight excluding hydrogens is 214 g/mol. The number of hydrogen-bond acceptors (Lipinski definition) is 2. The summed E-state index contributed by atoms with van der Waals surface area (Å²) in [7, 11) is 0. The van der Waals surface area contributed by atoms with Crippen molar-refractivity contribution in [2.75, 3.05) is 6.61 Å². The summed E-state index contributed by atoms with van der Waals surface area (Å²) < 4.78 is 5.46. The Hall–Kier alpha value is -1.51. The van der Waals surface area contributed by atoms with Crippen molar-refractivity contribution in [1.82, 2.24) is 5.32 Å². The average molecular weight is 235 g/mol. The summed E-state index contributed by atoms with van der Waals surface area (Å²) in [6, 6.07) is 6.14. The highest BCUT2D eigenvalue weighted by Gasteiger charge is 2.06. The Morgan fingerprint density at radius 3 is 2.41 bits per heavy atom. The maximum absolute atomic E-state index is 11.5. The lowest BCUT2D eigenvalue weighted by Gasteiger charge is -2.12. The van der Waals surface area contributed by atoms with Crippen LogP contribution in [0.5, 0.6) is 5.75 Å². The Labute approximate surface area is 103 Å². The van der Waals surface area contributed by atoms with E-state index in [9.17, 15) is 4.79 Å². The molecular formula is C14H21NO2. The third-order valence-electron chi connectivity index (χ3n) is 2.58. The molecule has 94 valence electrons. The molecule has 0 radical (unpaired) electrons. The molecule has 0 spiro atoms. The largest absolute Gasteiger partial charge is 0.484 e. The molecule has 0 heterocycles. The molecule has 0 aliphatic rings. The summed E-state index contributed by atoms with van der Waals surface area (Å²) >= 11 is 0. The van der Waals surface area contributed by atoms with E-state index in [4.69, 9.17) is 4.74 Å². The first-order chi connectivity index (χ1) is 8.01. The summed E-state index contributed by atoms with van der Waals surface area (Å²) in [5, 5.41) is 2.87. The molecule has 1 N–H and O–H groups in total. The van der Waals surface area contributed by atoms with E-state index >= 15 is 0 Å². The highest BCUT2D eigenvalue weighted by Crippen LogP contribution is 2.15. The van der Waals surface area contributed by atoms with Crippen molar-refractivity contribution >= 4 is 5.91 Å². The van der Waals surface area contributed by atoms with Gasteiger partial charge in [-0.05, 0) is 50.5 Å². The predicted octanol–water partition coefficient (Wildman–Crippen LogP) is 2.60. The van der Waals surface area contributed by atoms with Crippen LogP contribution in [0.15, 0.2) is 18.2 Å². The minimum absolute atomic E-state index is 0.0708. The molecule has 0 aliphatic heterocycles. The smallest absolute Gasteiger partial charge is 0.258 e. The van der Waals surface area contributed by atoms with Gasteiger partial charge in [-0.3, -0.25) is 4.79 Å². The third-order valence-corrected chi connectivity index (χ3v) is 2.58. The zero-order valence-electron chi connectivity index (χ0n) is 11.0. The molecule has 0 bridgehead atoms. The molecule has 17 heavy (non-hydrogen) atoms. The third kappa shape index (κ3) is 4.89. The minimum atomic E-state index is -0.0708. The van der Waals surface area contributed by atoms with Gasteiger partial charge in [-0.2, -0.15) is 0 Å². The maximum Gasteiger partial charge on any atom is 0.258 e. The van der Waals surface area contributed by atoms with E-state index in [1.54, 1.807) is 0 Å². The molecule has 1 atom stereocenters. The zero-order chi connectivity index (χ0) is 12.8. The molecule has 0 aliphatic carbocycles. The standard InChI is InChI=1S/C14H21NO2/c1-5-12(4)15-14(16)9-17-13-7-10(2)6-11(3)8-13/h6-8,12H,5,9H2,1-4H3,(H,15,16). The van der Waals surface area contributed by atoms with Gasteiger partial charge in [-0.15, -0.1) is 0 Å². The van der Waals surface area contributed by atoms with Gasteiger partial charge < -0.3 is 10.1 Å². The molecule has 1 unspecified atom stereocenters. The second-order valence-electron chi connectivity index (χ2n) is 4.49. The van der Waals surface area contributed by atoms with Crippen LogP contribution in [-0.4, -0.2) is 18.6 Å². The quantitative estimate of drug-likeness (QED) is 0.852.